The summed E-state index contributed by atoms with van der Waals surface area (Å²) < 4.78 is 0. The molecular weight excluding hydrogens is 274 g/mol. The molecule has 7 heteroatoms. The Morgan fingerprint density at radius 2 is 2.22 bits per heavy atom. The zero-order valence-electron chi connectivity index (χ0n) is 9.38. The number of hydrogen-bond donors (Lipinski definition) is 0. The van der Waals surface area contributed by atoms with Gasteiger partial charge >= 0.3 is 0 Å². The maximum atomic E-state index is 10.7. The number of aryl methyl sites for hydroxylation is 1. The van der Waals surface area contributed by atoms with Crippen LogP contribution in [0.15, 0.2) is 24.3 Å². The van der Waals surface area contributed by atoms with Crippen LogP contribution in [0.5, 0.6) is 0 Å². The van der Waals surface area contributed by atoms with Crippen molar-refractivity contribution in [2.75, 3.05) is 5.88 Å². The van der Waals surface area contributed by atoms with E-state index in [1.807, 2.05) is 0 Å². The summed E-state index contributed by atoms with van der Waals surface area (Å²) in [6, 6.07) is 6.40. The van der Waals surface area contributed by atoms with Crippen molar-refractivity contribution in [1.82, 2.24) is 10.2 Å². The van der Waals surface area contributed by atoms with E-state index >= 15 is 0 Å². The highest BCUT2D eigenvalue weighted by Crippen LogP contribution is 2.27. The third kappa shape index (κ3) is 3.02. The molecule has 0 aliphatic carbocycles. The van der Waals surface area contributed by atoms with Gasteiger partial charge in [-0.3, -0.25) is 10.1 Å². The molecule has 2 aromatic rings. The van der Waals surface area contributed by atoms with E-state index in [1.165, 1.54) is 23.5 Å². The van der Waals surface area contributed by atoms with Crippen molar-refractivity contribution in [3.05, 3.63) is 39.4 Å². The predicted molar refractivity (Wildman–Crippen MR) is 71.0 cm³/mol. The van der Waals surface area contributed by atoms with Gasteiger partial charge in [-0.1, -0.05) is 23.5 Å². The molecule has 5 nitrogen and oxygen atoms in total. The number of halogens is 1. The van der Waals surface area contributed by atoms with Crippen LogP contribution in [0.25, 0.3) is 10.6 Å². The molecule has 1 aromatic heterocycles. The molecule has 0 spiro atoms. The summed E-state index contributed by atoms with van der Waals surface area (Å²) in [6.07, 6.45) is 1.64. The van der Waals surface area contributed by atoms with Crippen LogP contribution >= 0.6 is 22.9 Å². The summed E-state index contributed by atoms with van der Waals surface area (Å²) in [5.74, 6) is 0.589. The van der Waals surface area contributed by atoms with Gasteiger partial charge in [-0.2, -0.15) is 0 Å². The second kappa shape index (κ2) is 5.88. The molecule has 0 aliphatic heterocycles. The molecule has 0 saturated carbocycles. The molecule has 0 saturated heterocycles. The van der Waals surface area contributed by atoms with E-state index in [0.717, 1.165) is 23.4 Å². The van der Waals surface area contributed by atoms with Gasteiger partial charge in [0.2, 0.25) is 0 Å². The largest absolute Gasteiger partial charge is 0.270 e. The average Bonchev–Trinajstić information content (AvgIpc) is 2.85. The normalized spacial score (nSPS) is 10.5. The van der Waals surface area contributed by atoms with Crippen LogP contribution in [-0.2, 0) is 6.42 Å². The fraction of sp³-hybridized carbons (Fsp3) is 0.273. The predicted octanol–water partition coefficient (Wildman–Crippen LogP) is 3.28. The maximum absolute atomic E-state index is 10.7. The van der Waals surface area contributed by atoms with Crippen molar-refractivity contribution in [3.8, 4) is 10.6 Å². The first-order chi connectivity index (χ1) is 8.70. The second-order valence-corrected chi connectivity index (χ2v) is 5.04. The van der Waals surface area contributed by atoms with E-state index in [0.29, 0.717) is 10.9 Å². The third-order valence-electron chi connectivity index (χ3n) is 2.30. The number of hydrogen-bond acceptors (Lipinski definition) is 5. The van der Waals surface area contributed by atoms with E-state index in [9.17, 15) is 10.1 Å². The van der Waals surface area contributed by atoms with Crippen LogP contribution in [0.4, 0.5) is 5.69 Å². The van der Waals surface area contributed by atoms with Crippen LogP contribution in [0, 0.1) is 10.1 Å². The van der Waals surface area contributed by atoms with Gasteiger partial charge in [0.1, 0.15) is 10.0 Å². The lowest BCUT2D eigenvalue weighted by Gasteiger charge is -1.95. The van der Waals surface area contributed by atoms with E-state index < -0.39 is 4.92 Å². The van der Waals surface area contributed by atoms with Crippen LogP contribution < -0.4 is 0 Å². The lowest BCUT2D eigenvalue weighted by molar-refractivity contribution is -0.384. The number of nitro benzene ring substituents is 1. The van der Waals surface area contributed by atoms with Crippen molar-refractivity contribution in [2.24, 2.45) is 0 Å². The molecule has 1 aromatic carbocycles. The van der Waals surface area contributed by atoms with Gasteiger partial charge in [0, 0.05) is 30.0 Å². The molecule has 2 rings (SSSR count). The number of aromatic nitrogens is 2. The molecule has 94 valence electrons. The van der Waals surface area contributed by atoms with Crippen molar-refractivity contribution >= 4 is 28.6 Å². The zero-order chi connectivity index (χ0) is 13.0. The van der Waals surface area contributed by atoms with Crippen LogP contribution in [0.3, 0.4) is 0 Å². The number of alkyl halides is 1. The Morgan fingerprint density at radius 3 is 2.94 bits per heavy atom. The van der Waals surface area contributed by atoms with Gasteiger partial charge in [0.05, 0.1) is 4.92 Å². The number of benzene rings is 1. The SMILES string of the molecule is O=[N+]([O-])c1cccc(-c2nnc(CCCCl)s2)c1. The third-order valence-corrected chi connectivity index (χ3v) is 3.59. The molecule has 0 unspecified atom stereocenters. The summed E-state index contributed by atoms with van der Waals surface area (Å²) in [4.78, 5) is 10.3. The van der Waals surface area contributed by atoms with Crippen molar-refractivity contribution in [1.29, 1.82) is 0 Å². The quantitative estimate of drug-likeness (QED) is 0.480. The minimum absolute atomic E-state index is 0.0602. The molecule has 0 bridgehead atoms. The summed E-state index contributed by atoms with van der Waals surface area (Å²) in [6.45, 7) is 0. The van der Waals surface area contributed by atoms with Crippen LogP contribution in [0.2, 0.25) is 0 Å². The van der Waals surface area contributed by atoms with Crippen molar-refractivity contribution in [2.45, 2.75) is 12.8 Å². The van der Waals surface area contributed by atoms with Crippen molar-refractivity contribution < 1.29 is 4.92 Å². The average molecular weight is 284 g/mol. The first-order valence-corrected chi connectivity index (χ1v) is 6.69. The number of nitro groups is 1. The van der Waals surface area contributed by atoms with E-state index in [4.69, 9.17) is 11.6 Å². The highest BCUT2D eigenvalue weighted by Gasteiger charge is 2.11. The molecule has 0 fully saturated rings. The van der Waals surface area contributed by atoms with Crippen molar-refractivity contribution in [3.63, 3.8) is 0 Å². The minimum Gasteiger partial charge on any atom is -0.258 e. The molecular formula is C11H10ClN3O2S. The molecule has 0 atom stereocenters. The van der Waals surface area contributed by atoms with E-state index in [-0.39, 0.29) is 5.69 Å². The lowest BCUT2D eigenvalue weighted by Crippen LogP contribution is -1.87. The number of non-ortho nitro benzene ring substituents is 1. The molecule has 1 heterocycles. The fourth-order valence-corrected chi connectivity index (χ4v) is 2.45. The summed E-state index contributed by atoms with van der Waals surface area (Å²) in [5, 5.41) is 20.4. The van der Waals surface area contributed by atoms with Crippen LogP contribution in [0.1, 0.15) is 11.4 Å². The zero-order valence-corrected chi connectivity index (χ0v) is 10.9. The first-order valence-electron chi connectivity index (χ1n) is 5.34. The molecule has 18 heavy (non-hydrogen) atoms. The Balaban J connectivity index is 2.23. The summed E-state index contributed by atoms with van der Waals surface area (Å²) in [7, 11) is 0. The van der Waals surface area contributed by atoms with Gasteiger partial charge in [0.15, 0.2) is 0 Å². The van der Waals surface area contributed by atoms with E-state index in [1.54, 1.807) is 12.1 Å². The van der Waals surface area contributed by atoms with Gasteiger partial charge in [0.25, 0.3) is 5.69 Å². The molecule has 0 N–H and O–H groups in total. The Hall–Kier alpha value is -1.53. The Morgan fingerprint density at radius 1 is 1.39 bits per heavy atom. The monoisotopic (exact) mass is 283 g/mol. The van der Waals surface area contributed by atoms with Gasteiger partial charge in [-0.25, -0.2) is 0 Å². The fourth-order valence-electron chi connectivity index (χ4n) is 1.44. The molecule has 0 radical (unpaired) electrons. The van der Waals surface area contributed by atoms with Gasteiger partial charge in [-0.05, 0) is 6.42 Å². The topological polar surface area (TPSA) is 68.9 Å². The van der Waals surface area contributed by atoms with Crippen LogP contribution in [-0.4, -0.2) is 21.0 Å². The maximum Gasteiger partial charge on any atom is 0.270 e. The Labute approximate surface area is 113 Å². The number of rotatable bonds is 5. The highest BCUT2D eigenvalue weighted by molar-refractivity contribution is 7.14. The number of nitrogens with zero attached hydrogens (tertiary/aromatic N) is 3. The van der Waals surface area contributed by atoms with Gasteiger partial charge in [-0.15, -0.1) is 21.8 Å². The first kappa shape index (κ1) is 12.9. The molecule has 0 amide bonds. The summed E-state index contributed by atoms with van der Waals surface area (Å²) >= 11 is 7.06. The smallest absolute Gasteiger partial charge is 0.258 e. The minimum atomic E-state index is -0.418. The Bertz CT molecular complexity index is 559. The standard InChI is InChI=1S/C11H10ClN3O2S/c12-6-2-5-10-13-14-11(18-10)8-3-1-4-9(7-8)15(16)17/h1,3-4,7H,2,5-6H2. The van der Waals surface area contributed by atoms with E-state index in [2.05, 4.69) is 10.2 Å². The van der Waals surface area contributed by atoms with Gasteiger partial charge < -0.3 is 0 Å². The highest BCUT2D eigenvalue weighted by atomic mass is 35.5. The summed E-state index contributed by atoms with van der Waals surface area (Å²) in [5.41, 5.74) is 0.781. The lowest BCUT2D eigenvalue weighted by atomic mass is 10.2. The second-order valence-electron chi connectivity index (χ2n) is 3.60. The molecule has 0 aliphatic rings. The Kier molecular flexibility index (Phi) is 4.22.